The summed E-state index contributed by atoms with van der Waals surface area (Å²) < 4.78 is 31.6. The van der Waals surface area contributed by atoms with Gasteiger partial charge in [0, 0.05) is 5.69 Å². The molecule has 0 amide bonds. The maximum absolute atomic E-state index is 13.2. The lowest BCUT2D eigenvalue weighted by Gasteiger charge is -2.21. The Bertz CT molecular complexity index is 738. The molecule has 3 aromatic carbocycles. The quantitative estimate of drug-likeness (QED) is 0.698. The molecule has 3 aromatic rings. The average Bonchev–Trinajstić information content (AvgIpc) is 2.62. The molecule has 1 N–H and O–H groups in total. The van der Waals surface area contributed by atoms with Crippen LogP contribution >= 0.6 is 0 Å². The highest BCUT2D eigenvalue weighted by Crippen LogP contribution is 2.28. The van der Waals surface area contributed by atoms with E-state index in [9.17, 15) is 8.78 Å². The lowest BCUT2D eigenvalue weighted by molar-refractivity contribution is 0.415. The third-order valence-corrected chi connectivity index (χ3v) is 3.81. The number of rotatable bonds is 5. The molecule has 0 heterocycles. The molecule has 0 aliphatic rings. The molecule has 0 aliphatic carbocycles. The summed E-state index contributed by atoms with van der Waals surface area (Å²) in [6.45, 7) is 0. The van der Waals surface area contributed by atoms with E-state index in [-0.39, 0.29) is 17.7 Å². The van der Waals surface area contributed by atoms with Crippen molar-refractivity contribution >= 4 is 5.69 Å². The summed E-state index contributed by atoms with van der Waals surface area (Å²) in [6.07, 6.45) is 0. The van der Waals surface area contributed by atoms with Crippen molar-refractivity contribution < 1.29 is 13.5 Å². The molecular formula is C20H17F2NO. The van der Waals surface area contributed by atoms with Crippen molar-refractivity contribution in [2.24, 2.45) is 0 Å². The molecule has 0 aromatic heterocycles. The Morgan fingerprint density at radius 2 is 1.17 bits per heavy atom. The van der Waals surface area contributed by atoms with E-state index < -0.39 is 0 Å². The van der Waals surface area contributed by atoms with Crippen molar-refractivity contribution in [1.29, 1.82) is 0 Å². The number of halogens is 2. The fraction of sp³-hybridized carbons (Fsp3) is 0.100. The van der Waals surface area contributed by atoms with E-state index in [0.717, 1.165) is 22.6 Å². The van der Waals surface area contributed by atoms with Crippen LogP contribution in [0.3, 0.4) is 0 Å². The number of benzene rings is 3. The van der Waals surface area contributed by atoms with Gasteiger partial charge in [0.25, 0.3) is 0 Å². The highest BCUT2D eigenvalue weighted by molar-refractivity contribution is 5.51. The highest BCUT2D eigenvalue weighted by atomic mass is 19.1. The second-order valence-corrected chi connectivity index (χ2v) is 5.41. The molecule has 0 spiro atoms. The molecule has 24 heavy (non-hydrogen) atoms. The van der Waals surface area contributed by atoms with Crippen LogP contribution in [0.15, 0.2) is 72.8 Å². The normalized spacial score (nSPS) is 10.7. The van der Waals surface area contributed by atoms with Crippen LogP contribution in [-0.2, 0) is 0 Å². The molecule has 0 saturated carbocycles. The summed E-state index contributed by atoms with van der Waals surface area (Å²) in [5, 5.41) is 3.40. The molecule has 122 valence electrons. The van der Waals surface area contributed by atoms with E-state index in [1.54, 1.807) is 31.4 Å². The Labute approximate surface area is 139 Å². The van der Waals surface area contributed by atoms with Crippen molar-refractivity contribution in [2.75, 3.05) is 12.4 Å². The number of hydrogen-bond donors (Lipinski definition) is 1. The van der Waals surface area contributed by atoms with Gasteiger partial charge in [-0.3, -0.25) is 0 Å². The van der Waals surface area contributed by atoms with Gasteiger partial charge in [0.2, 0.25) is 0 Å². The number of ether oxygens (including phenoxy) is 1. The molecule has 0 saturated heterocycles. The Morgan fingerprint density at radius 3 is 1.58 bits per heavy atom. The van der Waals surface area contributed by atoms with Gasteiger partial charge < -0.3 is 10.1 Å². The van der Waals surface area contributed by atoms with Crippen LogP contribution in [0, 0.1) is 11.6 Å². The van der Waals surface area contributed by atoms with Gasteiger partial charge in [0.1, 0.15) is 17.4 Å². The van der Waals surface area contributed by atoms with Crippen LogP contribution in [0.25, 0.3) is 0 Å². The average molecular weight is 325 g/mol. The van der Waals surface area contributed by atoms with Crippen LogP contribution in [0.5, 0.6) is 5.75 Å². The topological polar surface area (TPSA) is 21.3 Å². The molecule has 0 aliphatic heterocycles. The molecule has 4 heteroatoms. The van der Waals surface area contributed by atoms with E-state index in [2.05, 4.69) is 5.32 Å². The van der Waals surface area contributed by atoms with E-state index in [1.165, 1.54) is 24.3 Å². The van der Waals surface area contributed by atoms with Crippen LogP contribution < -0.4 is 10.1 Å². The van der Waals surface area contributed by atoms with Gasteiger partial charge in [-0.25, -0.2) is 8.78 Å². The molecule has 3 rings (SSSR count). The summed E-state index contributed by atoms with van der Waals surface area (Å²) in [5.74, 6) is 0.183. The van der Waals surface area contributed by atoms with Crippen molar-refractivity contribution in [3.05, 3.63) is 95.6 Å². The molecule has 0 unspecified atom stereocenters. The fourth-order valence-electron chi connectivity index (χ4n) is 2.52. The summed E-state index contributed by atoms with van der Waals surface area (Å²) in [4.78, 5) is 0. The number of anilines is 1. The standard InChI is InChI=1S/C20H17F2NO/c1-24-19-12-10-18(11-13-19)23-20(14-2-6-16(21)7-3-14)15-4-8-17(22)9-5-15/h2-13,20,23H,1H3. The third-order valence-electron chi connectivity index (χ3n) is 3.81. The van der Waals surface area contributed by atoms with Crippen LogP contribution in [-0.4, -0.2) is 7.11 Å². The van der Waals surface area contributed by atoms with E-state index in [1.807, 2.05) is 24.3 Å². The zero-order valence-electron chi connectivity index (χ0n) is 13.2. The Balaban J connectivity index is 1.94. The maximum atomic E-state index is 13.2. The minimum atomic E-state index is -0.291. The second-order valence-electron chi connectivity index (χ2n) is 5.41. The molecule has 0 fully saturated rings. The number of methoxy groups -OCH3 is 1. The zero-order valence-corrected chi connectivity index (χ0v) is 13.2. The lowest BCUT2D eigenvalue weighted by Crippen LogP contribution is -2.12. The Morgan fingerprint density at radius 1 is 0.708 bits per heavy atom. The monoisotopic (exact) mass is 325 g/mol. The number of hydrogen-bond acceptors (Lipinski definition) is 2. The molecular weight excluding hydrogens is 308 g/mol. The molecule has 0 atom stereocenters. The summed E-state index contributed by atoms with van der Waals surface area (Å²) in [6, 6.07) is 19.9. The second kappa shape index (κ2) is 7.13. The smallest absolute Gasteiger partial charge is 0.123 e. The third kappa shape index (κ3) is 3.71. The number of nitrogens with one attached hydrogen (secondary N) is 1. The molecule has 0 bridgehead atoms. The minimum absolute atomic E-state index is 0.223. The van der Waals surface area contributed by atoms with Crippen molar-refractivity contribution in [1.82, 2.24) is 0 Å². The van der Waals surface area contributed by atoms with E-state index in [0.29, 0.717) is 0 Å². The maximum Gasteiger partial charge on any atom is 0.123 e. The first-order chi connectivity index (χ1) is 11.7. The van der Waals surface area contributed by atoms with Gasteiger partial charge in [-0.1, -0.05) is 24.3 Å². The largest absolute Gasteiger partial charge is 0.497 e. The summed E-state index contributed by atoms with van der Waals surface area (Å²) in [5.41, 5.74) is 2.66. The zero-order chi connectivity index (χ0) is 16.9. The first-order valence-corrected chi connectivity index (χ1v) is 7.57. The summed E-state index contributed by atoms with van der Waals surface area (Å²) >= 11 is 0. The van der Waals surface area contributed by atoms with Crippen molar-refractivity contribution in [3.8, 4) is 5.75 Å². The SMILES string of the molecule is COc1ccc(NC(c2ccc(F)cc2)c2ccc(F)cc2)cc1. The molecule has 2 nitrogen and oxygen atoms in total. The van der Waals surface area contributed by atoms with Gasteiger partial charge in [-0.15, -0.1) is 0 Å². The highest BCUT2D eigenvalue weighted by Gasteiger charge is 2.14. The van der Waals surface area contributed by atoms with Crippen molar-refractivity contribution in [3.63, 3.8) is 0 Å². The van der Waals surface area contributed by atoms with Crippen LogP contribution in [0.2, 0.25) is 0 Å². The minimum Gasteiger partial charge on any atom is -0.497 e. The van der Waals surface area contributed by atoms with Crippen molar-refractivity contribution in [2.45, 2.75) is 6.04 Å². The van der Waals surface area contributed by atoms with Crippen LogP contribution in [0.4, 0.5) is 14.5 Å². The summed E-state index contributed by atoms with van der Waals surface area (Å²) in [7, 11) is 1.61. The van der Waals surface area contributed by atoms with Gasteiger partial charge in [-0.2, -0.15) is 0 Å². The van der Waals surface area contributed by atoms with Gasteiger partial charge in [0.15, 0.2) is 0 Å². The van der Waals surface area contributed by atoms with Crippen LogP contribution in [0.1, 0.15) is 17.2 Å². The first kappa shape index (κ1) is 16.0. The van der Waals surface area contributed by atoms with Gasteiger partial charge >= 0.3 is 0 Å². The first-order valence-electron chi connectivity index (χ1n) is 7.57. The predicted octanol–water partition coefficient (Wildman–Crippen LogP) is 5.17. The van der Waals surface area contributed by atoms with Gasteiger partial charge in [-0.05, 0) is 59.7 Å². The molecule has 0 radical (unpaired) electrons. The van der Waals surface area contributed by atoms with E-state index >= 15 is 0 Å². The van der Waals surface area contributed by atoms with Gasteiger partial charge in [0.05, 0.1) is 13.2 Å². The predicted molar refractivity (Wildman–Crippen MR) is 91.3 cm³/mol. The lowest BCUT2D eigenvalue weighted by atomic mass is 9.98. The van der Waals surface area contributed by atoms with E-state index in [4.69, 9.17) is 4.74 Å². The Kier molecular flexibility index (Phi) is 4.75. The Hall–Kier alpha value is -2.88. The fourth-order valence-corrected chi connectivity index (χ4v) is 2.52.